The highest BCUT2D eigenvalue weighted by Gasteiger charge is 2.16. The van der Waals surface area contributed by atoms with Gasteiger partial charge in [-0.25, -0.2) is 0 Å². The molecule has 0 spiro atoms. The molecule has 1 aliphatic heterocycles. The van der Waals surface area contributed by atoms with Gasteiger partial charge in [0.05, 0.1) is 5.71 Å². The van der Waals surface area contributed by atoms with Crippen LogP contribution in [0.3, 0.4) is 0 Å². The number of thiophene rings is 1. The van der Waals surface area contributed by atoms with Crippen molar-refractivity contribution in [1.82, 2.24) is 0 Å². The van der Waals surface area contributed by atoms with Gasteiger partial charge in [0.1, 0.15) is 0 Å². The van der Waals surface area contributed by atoms with E-state index < -0.39 is 0 Å². The molecular weight excluding hydrogens is 274 g/mol. The highest BCUT2D eigenvalue weighted by atomic mass is 32.1. The van der Waals surface area contributed by atoms with Crippen molar-refractivity contribution >= 4 is 17.0 Å². The highest BCUT2D eigenvalue weighted by molar-refractivity contribution is 7.10. The Hall–Kier alpha value is -2.19. The van der Waals surface area contributed by atoms with Crippen molar-refractivity contribution in [2.75, 3.05) is 6.54 Å². The van der Waals surface area contributed by atoms with Crippen molar-refractivity contribution in [2.24, 2.45) is 4.99 Å². The van der Waals surface area contributed by atoms with Crippen LogP contribution in [0.1, 0.15) is 16.0 Å². The Labute approximate surface area is 128 Å². The molecule has 2 heterocycles. The fourth-order valence-corrected chi connectivity index (χ4v) is 3.67. The minimum Gasteiger partial charge on any atom is -0.284 e. The predicted octanol–water partition coefficient (Wildman–Crippen LogP) is 4.81. The zero-order valence-electron chi connectivity index (χ0n) is 11.6. The van der Waals surface area contributed by atoms with Crippen LogP contribution < -0.4 is 0 Å². The van der Waals surface area contributed by atoms with Crippen LogP contribution in [0.2, 0.25) is 0 Å². The number of fused-ring (bicyclic) bond motifs is 1. The van der Waals surface area contributed by atoms with E-state index >= 15 is 0 Å². The van der Waals surface area contributed by atoms with Gasteiger partial charge in [-0.3, -0.25) is 4.99 Å². The van der Waals surface area contributed by atoms with Gasteiger partial charge in [-0.2, -0.15) is 0 Å². The Morgan fingerprint density at radius 2 is 1.48 bits per heavy atom. The maximum Gasteiger partial charge on any atom is 0.0730 e. The molecule has 0 N–H and O–H groups in total. The first-order chi connectivity index (χ1) is 10.4. The maximum atomic E-state index is 4.74. The van der Waals surface area contributed by atoms with Crippen molar-refractivity contribution < 1.29 is 0 Å². The molecule has 102 valence electrons. The van der Waals surface area contributed by atoms with Gasteiger partial charge in [-0.05, 0) is 22.6 Å². The second-order valence-electron chi connectivity index (χ2n) is 5.18. The number of hydrogen-bond acceptors (Lipinski definition) is 2. The van der Waals surface area contributed by atoms with Gasteiger partial charge in [-0.15, -0.1) is 11.3 Å². The van der Waals surface area contributed by atoms with E-state index in [2.05, 4.69) is 60.0 Å². The van der Waals surface area contributed by atoms with Crippen molar-refractivity contribution in [3.8, 4) is 11.1 Å². The second kappa shape index (κ2) is 5.30. The molecule has 0 saturated carbocycles. The summed E-state index contributed by atoms with van der Waals surface area (Å²) in [6.07, 6.45) is 1.08. The van der Waals surface area contributed by atoms with Crippen molar-refractivity contribution in [2.45, 2.75) is 6.42 Å². The number of hydrogen-bond donors (Lipinski definition) is 0. The minimum absolute atomic E-state index is 0.906. The number of benzene rings is 2. The molecule has 2 aromatic carbocycles. The minimum atomic E-state index is 0.906. The first-order valence-corrected chi connectivity index (χ1v) is 8.07. The van der Waals surface area contributed by atoms with Crippen LogP contribution >= 0.6 is 11.3 Å². The average Bonchev–Trinajstić information content (AvgIpc) is 3.04. The first kappa shape index (κ1) is 12.5. The van der Waals surface area contributed by atoms with Gasteiger partial charge in [0.2, 0.25) is 0 Å². The molecular formula is C19H15NS. The number of nitrogens with zero attached hydrogens (tertiary/aromatic N) is 1. The van der Waals surface area contributed by atoms with Crippen LogP contribution in [0.5, 0.6) is 0 Å². The van der Waals surface area contributed by atoms with E-state index in [0.29, 0.717) is 0 Å². The lowest BCUT2D eigenvalue weighted by atomic mass is 9.97. The SMILES string of the molecule is c1ccc(-c2ccc(C3=NCCc4sccc43)cc2)cc1. The molecule has 0 unspecified atom stereocenters. The van der Waals surface area contributed by atoms with Gasteiger partial charge in [0.25, 0.3) is 0 Å². The lowest BCUT2D eigenvalue weighted by molar-refractivity contribution is 0.965. The summed E-state index contributed by atoms with van der Waals surface area (Å²) in [5.74, 6) is 0. The third-order valence-corrected chi connectivity index (χ3v) is 4.86. The molecule has 4 rings (SSSR count). The van der Waals surface area contributed by atoms with E-state index in [-0.39, 0.29) is 0 Å². The lowest BCUT2D eigenvalue weighted by Crippen LogP contribution is -2.11. The lowest BCUT2D eigenvalue weighted by Gasteiger charge is -2.13. The molecule has 2 heteroatoms. The summed E-state index contributed by atoms with van der Waals surface area (Å²) in [5, 5.41) is 2.17. The first-order valence-electron chi connectivity index (χ1n) is 7.19. The molecule has 1 aliphatic rings. The summed E-state index contributed by atoms with van der Waals surface area (Å²) in [7, 11) is 0. The van der Waals surface area contributed by atoms with Crippen LogP contribution in [0, 0.1) is 0 Å². The molecule has 0 aliphatic carbocycles. The number of rotatable bonds is 2. The van der Waals surface area contributed by atoms with Crippen LogP contribution in [0.15, 0.2) is 71.0 Å². The summed E-state index contributed by atoms with van der Waals surface area (Å²) >= 11 is 1.84. The summed E-state index contributed by atoms with van der Waals surface area (Å²) < 4.78 is 0. The van der Waals surface area contributed by atoms with E-state index in [1.165, 1.54) is 27.1 Å². The molecule has 1 aromatic heterocycles. The summed E-state index contributed by atoms with van der Waals surface area (Å²) in [5.41, 5.74) is 6.19. The normalized spacial score (nSPS) is 13.6. The topological polar surface area (TPSA) is 12.4 Å². The van der Waals surface area contributed by atoms with Crippen LogP contribution in [-0.2, 0) is 6.42 Å². The van der Waals surface area contributed by atoms with E-state index in [9.17, 15) is 0 Å². The van der Waals surface area contributed by atoms with Gasteiger partial charge in [0.15, 0.2) is 0 Å². The Kier molecular flexibility index (Phi) is 3.17. The largest absolute Gasteiger partial charge is 0.284 e. The molecule has 0 saturated heterocycles. The Bertz CT molecular complexity index is 782. The molecule has 0 amide bonds. The zero-order valence-corrected chi connectivity index (χ0v) is 12.4. The predicted molar refractivity (Wildman–Crippen MR) is 90.4 cm³/mol. The fraction of sp³-hybridized carbons (Fsp3) is 0.105. The highest BCUT2D eigenvalue weighted by Crippen LogP contribution is 2.26. The van der Waals surface area contributed by atoms with E-state index in [1.54, 1.807) is 0 Å². The quantitative estimate of drug-likeness (QED) is 0.642. The summed E-state index contributed by atoms with van der Waals surface area (Å²) in [6, 6.07) is 21.4. The van der Waals surface area contributed by atoms with E-state index in [4.69, 9.17) is 4.99 Å². The molecule has 0 radical (unpaired) electrons. The van der Waals surface area contributed by atoms with Gasteiger partial charge < -0.3 is 0 Å². The van der Waals surface area contributed by atoms with Crippen LogP contribution in [-0.4, -0.2) is 12.3 Å². The Balaban J connectivity index is 1.70. The van der Waals surface area contributed by atoms with Crippen LogP contribution in [0.4, 0.5) is 0 Å². The van der Waals surface area contributed by atoms with E-state index in [1.807, 2.05) is 17.4 Å². The smallest absolute Gasteiger partial charge is 0.0730 e. The maximum absolute atomic E-state index is 4.74. The summed E-state index contributed by atoms with van der Waals surface area (Å²) in [6.45, 7) is 0.906. The Morgan fingerprint density at radius 3 is 2.29 bits per heavy atom. The standard InChI is InChI=1S/C19H15NS/c1-2-4-14(5-3-1)15-6-8-16(9-7-15)19-17-11-13-21-18(17)10-12-20-19/h1-9,11,13H,10,12H2. The van der Waals surface area contributed by atoms with Crippen molar-refractivity contribution in [3.05, 3.63) is 82.0 Å². The number of aliphatic imine (C=N–C) groups is 1. The van der Waals surface area contributed by atoms with Gasteiger partial charge in [0, 0.05) is 29.0 Å². The molecule has 0 bridgehead atoms. The monoisotopic (exact) mass is 289 g/mol. The average molecular weight is 289 g/mol. The van der Waals surface area contributed by atoms with E-state index in [0.717, 1.165) is 18.7 Å². The summed E-state index contributed by atoms with van der Waals surface area (Å²) in [4.78, 5) is 6.20. The molecule has 1 nitrogen and oxygen atoms in total. The van der Waals surface area contributed by atoms with Crippen LogP contribution in [0.25, 0.3) is 11.1 Å². The van der Waals surface area contributed by atoms with Crippen molar-refractivity contribution in [1.29, 1.82) is 0 Å². The van der Waals surface area contributed by atoms with Gasteiger partial charge in [-0.1, -0.05) is 54.6 Å². The fourth-order valence-electron chi connectivity index (χ4n) is 2.80. The van der Waals surface area contributed by atoms with Gasteiger partial charge >= 0.3 is 0 Å². The Morgan fingerprint density at radius 1 is 0.762 bits per heavy atom. The third kappa shape index (κ3) is 2.32. The second-order valence-corrected chi connectivity index (χ2v) is 6.18. The molecule has 0 atom stereocenters. The molecule has 3 aromatic rings. The molecule has 0 fully saturated rings. The third-order valence-electron chi connectivity index (χ3n) is 3.87. The zero-order chi connectivity index (χ0) is 14.1. The van der Waals surface area contributed by atoms with Crippen molar-refractivity contribution in [3.63, 3.8) is 0 Å². The molecule has 21 heavy (non-hydrogen) atoms.